The van der Waals surface area contributed by atoms with Crippen LogP contribution in [-0.4, -0.2) is 23.0 Å². The van der Waals surface area contributed by atoms with Crippen LogP contribution in [-0.2, 0) is 9.19 Å². The van der Waals surface area contributed by atoms with Crippen molar-refractivity contribution >= 4 is 8.25 Å². The van der Waals surface area contributed by atoms with E-state index in [1.165, 1.54) is 12.8 Å². The summed E-state index contributed by atoms with van der Waals surface area (Å²) in [5.74, 6) is 0. The molecule has 1 aliphatic rings. The summed E-state index contributed by atoms with van der Waals surface area (Å²) >= 11 is 0. The molecule has 1 N–H and O–H groups in total. The summed E-state index contributed by atoms with van der Waals surface area (Å²) in [6, 6.07) is 0. The van der Waals surface area contributed by atoms with Crippen molar-refractivity contribution in [1.82, 2.24) is 5.06 Å². The Morgan fingerprint density at radius 3 is 2.18 bits per heavy atom. The molecule has 1 atom stereocenters. The average molecular weight is 178 g/mol. The van der Waals surface area contributed by atoms with Gasteiger partial charge in [0.15, 0.2) is 0 Å². The quantitative estimate of drug-likeness (QED) is 0.650. The third-order valence-electron chi connectivity index (χ3n) is 1.75. The summed E-state index contributed by atoms with van der Waals surface area (Å²) in [4.78, 5) is 8.44. The molecule has 0 saturated carbocycles. The Labute approximate surface area is 67.1 Å². The first-order chi connectivity index (χ1) is 5.29. The van der Waals surface area contributed by atoms with Crippen molar-refractivity contribution in [1.29, 1.82) is 0 Å². The molecule has 0 amide bonds. The van der Waals surface area contributed by atoms with Crippen LogP contribution in [0.5, 0.6) is 0 Å². The van der Waals surface area contributed by atoms with E-state index in [1.54, 1.807) is 5.06 Å². The molecule has 1 fully saturated rings. The van der Waals surface area contributed by atoms with Gasteiger partial charge in [-0.05, 0) is 17.5 Å². The Morgan fingerprint density at radius 2 is 1.73 bits per heavy atom. The fourth-order valence-corrected chi connectivity index (χ4v) is 1.58. The van der Waals surface area contributed by atoms with E-state index in [1.807, 2.05) is 0 Å². The summed E-state index contributed by atoms with van der Waals surface area (Å²) in [6.45, 7) is 1.56. The Morgan fingerprint density at radius 1 is 1.18 bits per heavy atom. The molecule has 1 aliphatic heterocycles. The van der Waals surface area contributed by atoms with Gasteiger partial charge in [0.1, 0.15) is 0 Å². The second-order valence-electron chi connectivity index (χ2n) is 2.66. The summed E-state index contributed by atoms with van der Waals surface area (Å²) < 4.78 is 14.9. The van der Waals surface area contributed by atoms with E-state index < -0.39 is 8.25 Å². The van der Waals surface area contributed by atoms with Gasteiger partial charge in [-0.15, -0.1) is 9.96 Å². The minimum absolute atomic E-state index is 0.779. The summed E-state index contributed by atoms with van der Waals surface area (Å²) in [5, 5.41) is 1.59. The van der Waals surface area contributed by atoms with Crippen molar-refractivity contribution in [3.8, 4) is 0 Å². The number of hydroxylamine groups is 2. The first-order valence-corrected chi connectivity index (χ1v) is 5.01. The van der Waals surface area contributed by atoms with Crippen LogP contribution in [0.4, 0.5) is 0 Å². The Kier molecular flexibility index (Phi) is 3.94. The zero-order chi connectivity index (χ0) is 8.10. The fraction of sp³-hybridized carbons (Fsp3) is 1.00. The highest BCUT2D eigenvalue weighted by Crippen LogP contribution is 2.20. The van der Waals surface area contributed by atoms with Crippen LogP contribution in [0, 0.1) is 0 Å². The predicted octanol–water partition coefficient (Wildman–Crippen LogP) is 1.44. The second kappa shape index (κ2) is 4.78. The van der Waals surface area contributed by atoms with E-state index in [-0.39, 0.29) is 0 Å². The Balaban J connectivity index is 2.25. The summed E-state index contributed by atoms with van der Waals surface area (Å²) in [6.07, 6.45) is 4.51. The van der Waals surface area contributed by atoms with Crippen LogP contribution in [0.1, 0.15) is 25.7 Å². The van der Waals surface area contributed by atoms with Crippen molar-refractivity contribution in [3.63, 3.8) is 0 Å². The monoisotopic (exact) mass is 178 g/mol. The van der Waals surface area contributed by atoms with Crippen molar-refractivity contribution in [3.05, 3.63) is 0 Å². The molecule has 0 aromatic rings. The third kappa shape index (κ3) is 3.77. The van der Waals surface area contributed by atoms with Crippen LogP contribution >= 0.6 is 8.25 Å². The highest BCUT2D eigenvalue weighted by molar-refractivity contribution is 7.32. The normalized spacial score (nSPS) is 22.8. The maximum absolute atomic E-state index is 10.3. The Hall–Kier alpha value is -0.0200. The van der Waals surface area contributed by atoms with E-state index in [9.17, 15) is 4.57 Å². The van der Waals surface area contributed by atoms with Gasteiger partial charge in [0, 0.05) is 17.7 Å². The van der Waals surface area contributed by atoms with Gasteiger partial charge in [0.25, 0.3) is 0 Å². The van der Waals surface area contributed by atoms with Crippen LogP contribution in [0.15, 0.2) is 0 Å². The summed E-state index contributed by atoms with van der Waals surface area (Å²) in [7, 11) is -2.46. The molecular formula is C6H13NO3P+. The van der Waals surface area contributed by atoms with Crippen LogP contribution in [0.3, 0.4) is 0 Å². The fourth-order valence-electron chi connectivity index (χ4n) is 1.22. The van der Waals surface area contributed by atoms with Gasteiger partial charge in [-0.25, -0.2) is 0 Å². The van der Waals surface area contributed by atoms with Crippen molar-refractivity contribution in [2.75, 3.05) is 13.1 Å². The van der Waals surface area contributed by atoms with E-state index in [2.05, 4.69) is 4.62 Å². The first kappa shape index (κ1) is 9.07. The van der Waals surface area contributed by atoms with E-state index in [4.69, 9.17) is 4.89 Å². The molecule has 5 heteroatoms. The lowest BCUT2D eigenvalue weighted by molar-refractivity contribution is -0.0566. The van der Waals surface area contributed by atoms with Crippen molar-refractivity contribution in [2.45, 2.75) is 25.7 Å². The minimum Gasteiger partial charge on any atom is -0.136 e. The van der Waals surface area contributed by atoms with Crippen LogP contribution in [0.2, 0.25) is 0 Å². The molecule has 1 rings (SSSR count). The molecule has 0 aromatic heterocycles. The van der Waals surface area contributed by atoms with Gasteiger partial charge < -0.3 is 0 Å². The van der Waals surface area contributed by atoms with Crippen LogP contribution < -0.4 is 0 Å². The van der Waals surface area contributed by atoms with E-state index in [0.29, 0.717) is 0 Å². The second-order valence-corrected chi connectivity index (χ2v) is 3.30. The number of hydrogen-bond acceptors (Lipinski definition) is 3. The zero-order valence-electron chi connectivity index (χ0n) is 6.40. The molecule has 1 heterocycles. The molecule has 0 bridgehead atoms. The third-order valence-corrected chi connectivity index (χ3v) is 2.12. The van der Waals surface area contributed by atoms with Gasteiger partial charge in [0.2, 0.25) is 0 Å². The first-order valence-electron chi connectivity index (χ1n) is 3.88. The number of nitrogens with zero attached hydrogens (tertiary/aromatic N) is 1. The largest absolute Gasteiger partial charge is 0.713 e. The lowest BCUT2D eigenvalue weighted by Gasteiger charge is -2.08. The molecule has 1 saturated heterocycles. The van der Waals surface area contributed by atoms with E-state index >= 15 is 0 Å². The molecule has 1 unspecified atom stereocenters. The molecule has 4 nitrogen and oxygen atoms in total. The van der Waals surface area contributed by atoms with Gasteiger partial charge in [-0.1, -0.05) is 12.8 Å². The van der Waals surface area contributed by atoms with Crippen molar-refractivity contribution in [2.24, 2.45) is 0 Å². The molecule has 64 valence electrons. The molecule has 0 aliphatic carbocycles. The average Bonchev–Trinajstić information content (AvgIpc) is 2.14. The smallest absolute Gasteiger partial charge is 0.136 e. The van der Waals surface area contributed by atoms with E-state index in [0.717, 1.165) is 25.9 Å². The molecule has 0 aromatic carbocycles. The number of rotatable bonds is 2. The molecule has 0 spiro atoms. The SMILES string of the molecule is O=[P+](O)ON1CCCCCC1. The van der Waals surface area contributed by atoms with Gasteiger partial charge in [0.05, 0.1) is 0 Å². The predicted molar refractivity (Wildman–Crippen MR) is 41.0 cm³/mol. The molecule has 0 radical (unpaired) electrons. The van der Waals surface area contributed by atoms with Gasteiger partial charge in [-0.2, -0.15) is 0 Å². The summed E-state index contributed by atoms with van der Waals surface area (Å²) in [5.41, 5.74) is 0. The maximum atomic E-state index is 10.3. The topological polar surface area (TPSA) is 49.8 Å². The number of hydrogen-bond donors (Lipinski definition) is 1. The molecule has 11 heavy (non-hydrogen) atoms. The lowest BCUT2D eigenvalue weighted by Crippen LogP contribution is -2.21. The standard InChI is InChI=1S/C6H12NO3P/c8-11(9)10-7-5-3-1-2-4-6-7/h1-6H2/p+1. The van der Waals surface area contributed by atoms with Gasteiger partial charge >= 0.3 is 8.25 Å². The van der Waals surface area contributed by atoms with Crippen molar-refractivity contribution < 1.29 is 14.1 Å². The molecular weight excluding hydrogens is 165 g/mol. The lowest BCUT2D eigenvalue weighted by atomic mass is 10.2. The van der Waals surface area contributed by atoms with Gasteiger partial charge in [-0.3, -0.25) is 0 Å². The Bertz CT molecular complexity index is 134. The van der Waals surface area contributed by atoms with Crippen LogP contribution in [0.25, 0.3) is 0 Å². The highest BCUT2D eigenvalue weighted by atomic mass is 31.1. The highest BCUT2D eigenvalue weighted by Gasteiger charge is 2.21. The maximum Gasteiger partial charge on any atom is 0.713 e. The minimum atomic E-state index is -2.46. The zero-order valence-corrected chi connectivity index (χ0v) is 7.30.